The van der Waals surface area contributed by atoms with Gasteiger partial charge in [0.15, 0.2) is 11.5 Å². The molecule has 1 saturated heterocycles. The summed E-state index contributed by atoms with van der Waals surface area (Å²) in [5.74, 6) is 1.27. The Morgan fingerprint density at radius 2 is 1.93 bits per heavy atom. The summed E-state index contributed by atoms with van der Waals surface area (Å²) in [6.07, 6.45) is -1.02. The predicted molar refractivity (Wildman–Crippen MR) is 98.1 cm³/mol. The first-order valence-corrected chi connectivity index (χ1v) is 8.87. The van der Waals surface area contributed by atoms with Gasteiger partial charge in [-0.25, -0.2) is 4.79 Å². The summed E-state index contributed by atoms with van der Waals surface area (Å²) in [5.41, 5.74) is -0.675. The van der Waals surface area contributed by atoms with Gasteiger partial charge in [-0.05, 0) is 36.8 Å². The molecular weight excluding hydrogens is 364 g/mol. The van der Waals surface area contributed by atoms with E-state index in [1.54, 1.807) is 37.3 Å². The van der Waals surface area contributed by atoms with Crippen LogP contribution in [0.4, 0.5) is 4.79 Å². The predicted octanol–water partition coefficient (Wildman–Crippen LogP) is 1.62. The number of amides is 3. The molecule has 2 aliphatic rings. The molecule has 0 aromatic heterocycles. The molecule has 28 heavy (non-hydrogen) atoms. The van der Waals surface area contributed by atoms with Crippen molar-refractivity contribution < 1.29 is 28.9 Å². The van der Waals surface area contributed by atoms with Crippen molar-refractivity contribution in [3.8, 4) is 17.2 Å². The minimum Gasteiger partial charge on any atom is -0.491 e. The lowest BCUT2D eigenvalue weighted by Crippen LogP contribution is -2.42. The summed E-state index contributed by atoms with van der Waals surface area (Å²) in [5, 5.41) is 12.9. The molecule has 2 aliphatic heterocycles. The standard InChI is InChI=1S/C20H20N2O6/c1-20(13-7-8-16-17(9-13)28-12-27-16)18(24)22(19(25)21-20)10-14(23)11-26-15-5-3-2-4-6-15/h2-9,14,23H,10-12H2,1H3,(H,21,25)/t14-,20+/m0/s1. The smallest absolute Gasteiger partial charge is 0.325 e. The summed E-state index contributed by atoms with van der Waals surface area (Å²) < 4.78 is 16.1. The van der Waals surface area contributed by atoms with Crippen LogP contribution in [-0.2, 0) is 10.3 Å². The summed E-state index contributed by atoms with van der Waals surface area (Å²) >= 11 is 0. The Morgan fingerprint density at radius 1 is 1.18 bits per heavy atom. The summed E-state index contributed by atoms with van der Waals surface area (Å²) in [4.78, 5) is 26.4. The Morgan fingerprint density at radius 3 is 2.71 bits per heavy atom. The summed E-state index contributed by atoms with van der Waals surface area (Å²) in [7, 11) is 0. The molecule has 8 heteroatoms. The third kappa shape index (κ3) is 3.22. The molecule has 0 spiro atoms. The van der Waals surface area contributed by atoms with E-state index in [4.69, 9.17) is 14.2 Å². The number of nitrogens with one attached hydrogen (secondary N) is 1. The van der Waals surface area contributed by atoms with E-state index in [9.17, 15) is 14.7 Å². The molecule has 1 fully saturated rings. The average molecular weight is 384 g/mol. The van der Waals surface area contributed by atoms with Crippen molar-refractivity contribution in [2.24, 2.45) is 0 Å². The monoisotopic (exact) mass is 384 g/mol. The van der Waals surface area contributed by atoms with Crippen molar-refractivity contribution in [3.05, 3.63) is 54.1 Å². The van der Waals surface area contributed by atoms with Gasteiger partial charge in [0.2, 0.25) is 6.79 Å². The van der Waals surface area contributed by atoms with Gasteiger partial charge < -0.3 is 24.6 Å². The number of para-hydroxylation sites is 1. The van der Waals surface area contributed by atoms with Crippen molar-refractivity contribution in [2.45, 2.75) is 18.6 Å². The normalized spacial score (nSPS) is 21.6. The molecule has 2 aromatic carbocycles. The number of carbonyl (C=O) groups excluding carboxylic acids is 2. The summed E-state index contributed by atoms with van der Waals surface area (Å²) in [6.45, 7) is 1.53. The lowest BCUT2D eigenvalue weighted by atomic mass is 9.91. The largest absolute Gasteiger partial charge is 0.491 e. The van der Waals surface area contributed by atoms with Gasteiger partial charge >= 0.3 is 6.03 Å². The summed E-state index contributed by atoms with van der Waals surface area (Å²) in [6, 6.07) is 13.5. The SMILES string of the molecule is C[C@]1(c2ccc3c(c2)OCO3)NC(=O)N(C[C@H](O)COc2ccccc2)C1=O. The fourth-order valence-corrected chi connectivity index (χ4v) is 3.24. The molecule has 3 amide bonds. The van der Waals surface area contributed by atoms with Crippen LogP contribution in [0.2, 0.25) is 0 Å². The van der Waals surface area contributed by atoms with Gasteiger partial charge in [0.25, 0.3) is 5.91 Å². The van der Waals surface area contributed by atoms with Gasteiger partial charge in [-0.2, -0.15) is 0 Å². The Kier molecular flexibility index (Phi) is 4.56. The molecule has 0 bridgehead atoms. The number of aliphatic hydroxyl groups is 1. The zero-order valence-electron chi connectivity index (χ0n) is 15.3. The van der Waals surface area contributed by atoms with Gasteiger partial charge in [0.05, 0.1) is 6.54 Å². The Bertz CT molecular complexity index is 903. The number of fused-ring (bicyclic) bond motifs is 1. The van der Waals surface area contributed by atoms with Crippen molar-refractivity contribution in [1.29, 1.82) is 0 Å². The number of β-amino-alcohol motifs (C(OH)–C–C–N with tert-alkyl or cyclic N) is 1. The second kappa shape index (κ2) is 7.05. The van der Waals surface area contributed by atoms with E-state index >= 15 is 0 Å². The van der Waals surface area contributed by atoms with Gasteiger partial charge in [0.1, 0.15) is 24.0 Å². The van der Waals surface area contributed by atoms with Gasteiger partial charge in [-0.3, -0.25) is 9.69 Å². The van der Waals surface area contributed by atoms with Crippen LogP contribution in [0.15, 0.2) is 48.5 Å². The first kappa shape index (κ1) is 18.1. The first-order valence-electron chi connectivity index (χ1n) is 8.87. The number of benzene rings is 2. The van der Waals surface area contributed by atoms with E-state index in [1.165, 1.54) is 0 Å². The molecule has 2 aromatic rings. The Hall–Kier alpha value is -3.26. The van der Waals surface area contributed by atoms with E-state index in [-0.39, 0.29) is 19.9 Å². The van der Waals surface area contributed by atoms with Crippen LogP contribution in [-0.4, -0.2) is 48.0 Å². The molecule has 146 valence electrons. The second-order valence-corrected chi connectivity index (χ2v) is 6.82. The number of nitrogens with zero attached hydrogens (tertiary/aromatic N) is 1. The number of imide groups is 1. The van der Waals surface area contributed by atoms with Crippen LogP contribution in [0, 0.1) is 0 Å². The number of aliphatic hydroxyl groups excluding tert-OH is 1. The number of hydrogen-bond donors (Lipinski definition) is 2. The number of hydrogen-bond acceptors (Lipinski definition) is 6. The van der Waals surface area contributed by atoms with Crippen molar-refractivity contribution >= 4 is 11.9 Å². The first-order chi connectivity index (χ1) is 13.5. The van der Waals surface area contributed by atoms with Crippen LogP contribution < -0.4 is 19.5 Å². The van der Waals surface area contributed by atoms with Gasteiger partial charge in [-0.1, -0.05) is 24.3 Å². The third-order valence-electron chi connectivity index (χ3n) is 4.80. The van der Waals surface area contributed by atoms with Crippen LogP contribution in [0.25, 0.3) is 0 Å². The molecule has 0 saturated carbocycles. The number of ether oxygens (including phenoxy) is 3. The average Bonchev–Trinajstić information content (AvgIpc) is 3.25. The number of urea groups is 1. The Balaban J connectivity index is 1.44. The van der Waals surface area contributed by atoms with Crippen LogP contribution >= 0.6 is 0 Å². The minimum absolute atomic E-state index is 0.0399. The zero-order valence-corrected chi connectivity index (χ0v) is 15.3. The Labute approximate surface area is 161 Å². The number of carbonyl (C=O) groups is 2. The van der Waals surface area contributed by atoms with Gasteiger partial charge in [0, 0.05) is 0 Å². The maximum Gasteiger partial charge on any atom is 0.325 e. The lowest BCUT2D eigenvalue weighted by Gasteiger charge is -2.23. The fourth-order valence-electron chi connectivity index (χ4n) is 3.24. The van der Waals surface area contributed by atoms with Crippen molar-refractivity contribution in [1.82, 2.24) is 10.2 Å². The van der Waals surface area contributed by atoms with Crippen LogP contribution in [0.1, 0.15) is 12.5 Å². The molecule has 0 radical (unpaired) electrons. The highest BCUT2D eigenvalue weighted by Crippen LogP contribution is 2.37. The highest BCUT2D eigenvalue weighted by atomic mass is 16.7. The molecule has 8 nitrogen and oxygen atoms in total. The maximum atomic E-state index is 13.0. The number of rotatable bonds is 6. The lowest BCUT2D eigenvalue weighted by molar-refractivity contribution is -0.132. The molecule has 0 aliphatic carbocycles. The van der Waals surface area contributed by atoms with Crippen LogP contribution in [0.3, 0.4) is 0 Å². The van der Waals surface area contributed by atoms with E-state index in [0.717, 1.165) is 4.90 Å². The van der Waals surface area contributed by atoms with E-state index in [0.29, 0.717) is 22.8 Å². The van der Waals surface area contributed by atoms with E-state index < -0.39 is 23.6 Å². The molecular formula is C20H20N2O6. The quantitative estimate of drug-likeness (QED) is 0.735. The molecule has 0 unspecified atom stereocenters. The highest BCUT2D eigenvalue weighted by molar-refractivity contribution is 6.07. The third-order valence-corrected chi connectivity index (χ3v) is 4.80. The van der Waals surface area contributed by atoms with E-state index in [1.807, 2.05) is 18.2 Å². The second-order valence-electron chi connectivity index (χ2n) is 6.82. The van der Waals surface area contributed by atoms with Gasteiger partial charge in [-0.15, -0.1) is 0 Å². The zero-order chi connectivity index (χ0) is 19.7. The van der Waals surface area contributed by atoms with Crippen LogP contribution in [0.5, 0.6) is 17.2 Å². The molecule has 2 atom stereocenters. The molecule has 4 rings (SSSR count). The molecule has 2 N–H and O–H groups in total. The molecule has 2 heterocycles. The van der Waals surface area contributed by atoms with Crippen molar-refractivity contribution in [2.75, 3.05) is 19.9 Å². The maximum absolute atomic E-state index is 13.0. The van der Waals surface area contributed by atoms with E-state index in [2.05, 4.69) is 5.32 Å². The minimum atomic E-state index is -1.25. The fraction of sp³-hybridized carbons (Fsp3) is 0.300. The topological polar surface area (TPSA) is 97.3 Å². The highest BCUT2D eigenvalue weighted by Gasteiger charge is 2.49. The van der Waals surface area contributed by atoms with Crippen molar-refractivity contribution in [3.63, 3.8) is 0 Å².